The summed E-state index contributed by atoms with van der Waals surface area (Å²) in [6.07, 6.45) is -0.361. The SMILES string of the molecule is COCC(CN)Oc1ccc(F)c(F)c1. The molecule has 0 heterocycles. The highest BCUT2D eigenvalue weighted by Crippen LogP contribution is 2.16. The predicted molar refractivity (Wildman–Crippen MR) is 51.7 cm³/mol. The van der Waals surface area contributed by atoms with Crippen molar-refractivity contribution in [1.29, 1.82) is 0 Å². The Morgan fingerprint density at radius 3 is 2.60 bits per heavy atom. The van der Waals surface area contributed by atoms with Crippen LogP contribution in [0.15, 0.2) is 18.2 Å². The van der Waals surface area contributed by atoms with Crippen molar-refractivity contribution in [3.05, 3.63) is 29.8 Å². The fourth-order valence-electron chi connectivity index (χ4n) is 1.08. The first-order valence-corrected chi connectivity index (χ1v) is 4.48. The lowest BCUT2D eigenvalue weighted by atomic mass is 10.3. The number of rotatable bonds is 5. The van der Waals surface area contributed by atoms with Crippen molar-refractivity contribution < 1.29 is 18.3 Å². The molecule has 1 atom stereocenters. The van der Waals surface area contributed by atoms with Gasteiger partial charge in [-0.05, 0) is 12.1 Å². The summed E-state index contributed by atoms with van der Waals surface area (Å²) in [5.41, 5.74) is 5.40. The predicted octanol–water partition coefficient (Wildman–Crippen LogP) is 1.32. The van der Waals surface area contributed by atoms with Crippen LogP contribution in [0.3, 0.4) is 0 Å². The summed E-state index contributed by atoms with van der Waals surface area (Å²) < 4.78 is 35.5. The van der Waals surface area contributed by atoms with E-state index in [4.69, 9.17) is 15.2 Å². The van der Waals surface area contributed by atoms with Crippen LogP contribution in [-0.4, -0.2) is 26.4 Å². The van der Waals surface area contributed by atoms with Crippen LogP contribution in [0, 0.1) is 11.6 Å². The van der Waals surface area contributed by atoms with Gasteiger partial charge in [-0.3, -0.25) is 0 Å². The molecule has 0 aliphatic carbocycles. The third-order valence-corrected chi connectivity index (χ3v) is 1.81. The van der Waals surface area contributed by atoms with Gasteiger partial charge in [-0.2, -0.15) is 0 Å². The van der Waals surface area contributed by atoms with Gasteiger partial charge in [-0.25, -0.2) is 8.78 Å². The zero-order chi connectivity index (χ0) is 11.3. The normalized spacial score (nSPS) is 12.5. The van der Waals surface area contributed by atoms with E-state index in [2.05, 4.69) is 0 Å². The Hall–Kier alpha value is -1.20. The van der Waals surface area contributed by atoms with E-state index in [1.807, 2.05) is 0 Å². The maximum atomic E-state index is 12.8. The molecule has 0 radical (unpaired) electrons. The van der Waals surface area contributed by atoms with Crippen molar-refractivity contribution in [3.8, 4) is 5.75 Å². The molecule has 0 fully saturated rings. The molecular weight excluding hydrogens is 204 g/mol. The fraction of sp³-hybridized carbons (Fsp3) is 0.400. The maximum absolute atomic E-state index is 12.8. The van der Waals surface area contributed by atoms with Gasteiger partial charge < -0.3 is 15.2 Å². The maximum Gasteiger partial charge on any atom is 0.162 e. The van der Waals surface area contributed by atoms with E-state index in [-0.39, 0.29) is 18.4 Å². The molecule has 5 heteroatoms. The molecule has 0 aromatic heterocycles. The number of methoxy groups -OCH3 is 1. The van der Waals surface area contributed by atoms with Crippen LogP contribution in [0.5, 0.6) is 5.75 Å². The largest absolute Gasteiger partial charge is 0.487 e. The van der Waals surface area contributed by atoms with Crippen molar-refractivity contribution in [2.75, 3.05) is 20.3 Å². The number of nitrogens with two attached hydrogens (primary N) is 1. The van der Waals surface area contributed by atoms with Gasteiger partial charge in [-0.1, -0.05) is 0 Å². The molecule has 84 valence electrons. The molecule has 0 amide bonds. The van der Waals surface area contributed by atoms with Crippen LogP contribution >= 0.6 is 0 Å². The monoisotopic (exact) mass is 217 g/mol. The topological polar surface area (TPSA) is 44.5 Å². The Balaban J connectivity index is 2.66. The molecule has 0 saturated heterocycles. The molecule has 0 aliphatic heterocycles. The Kier molecular flexibility index (Phi) is 4.45. The first kappa shape index (κ1) is 11.9. The van der Waals surface area contributed by atoms with Crippen LogP contribution in [0.1, 0.15) is 0 Å². The quantitative estimate of drug-likeness (QED) is 0.808. The number of ether oxygens (including phenoxy) is 2. The number of benzene rings is 1. The Morgan fingerprint density at radius 1 is 1.33 bits per heavy atom. The van der Waals surface area contributed by atoms with E-state index in [0.717, 1.165) is 12.1 Å². The van der Waals surface area contributed by atoms with Crippen molar-refractivity contribution in [1.82, 2.24) is 0 Å². The molecule has 15 heavy (non-hydrogen) atoms. The van der Waals surface area contributed by atoms with Crippen LogP contribution < -0.4 is 10.5 Å². The van der Waals surface area contributed by atoms with Crippen LogP contribution in [0.25, 0.3) is 0 Å². The zero-order valence-electron chi connectivity index (χ0n) is 8.37. The van der Waals surface area contributed by atoms with E-state index in [1.165, 1.54) is 13.2 Å². The summed E-state index contributed by atoms with van der Waals surface area (Å²) in [6.45, 7) is 0.544. The van der Waals surface area contributed by atoms with Gasteiger partial charge in [0.25, 0.3) is 0 Å². The lowest BCUT2D eigenvalue weighted by Gasteiger charge is -2.16. The number of halogens is 2. The second-order valence-corrected chi connectivity index (χ2v) is 3.01. The van der Waals surface area contributed by atoms with Gasteiger partial charge in [0.15, 0.2) is 11.6 Å². The standard InChI is InChI=1S/C10H13F2NO2/c1-14-6-8(5-13)15-7-2-3-9(11)10(12)4-7/h2-4,8H,5-6,13H2,1H3. The molecule has 2 N–H and O–H groups in total. The van der Waals surface area contributed by atoms with Crippen molar-refractivity contribution in [2.45, 2.75) is 6.10 Å². The van der Waals surface area contributed by atoms with Gasteiger partial charge in [0.2, 0.25) is 0 Å². The molecule has 0 aliphatic rings. The zero-order valence-corrected chi connectivity index (χ0v) is 8.37. The van der Waals surface area contributed by atoms with E-state index in [1.54, 1.807) is 0 Å². The van der Waals surface area contributed by atoms with Crippen molar-refractivity contribution >= 4 is 0 Å². The van der Waals surface area contributed by atoms with Crippen molar-refractivity contribution in [2.24, 2.45) is 5.73 Å². The van der Waals surface area contributed by atoms with E-state index in [0.29, 0.717) is 6.61 Å². The minimum Gasteiger partial charge on any atom is -0.487 e. The number of hydrogen-bond acceptors (Lipinski definition) is 3. The Bertz CT molecular complexity index is 320. The minimum absolute atomic E-state index is 0.237. The van der Waals surface area contributed by atoms with Gasteiger partial charge in [0, 0.05) is 19.7 Å². The van der Waals surface area contributed by atoms with Gasteiger partial charge in [0.05, 0.1) is 6.61 Å². The van der Waals surface area contributed by atoms with Crippen LogP contribution in [-0.2, 0) is 4.74 Å². The highest BCUT2D eigenvalue weighted by Gasteiger charge is 2.09. The molecular formula is C10H13F2NO2. The second kappa shape index (κ2) is 5.63. The number of hydrogen-bond donors (Lipinski definition) is 1. The third kappa shape index (κ3) is 3.45. The van der Waals surface area contributed by atoms with Crippen molar-refractivity contribution in [3.63, 3.8) is 0 Å². The summed E-state index contributed by atoms with van der Waals surface area (Å²) in [4.78, 5) is 0. The average Bonchev–Trinajstić information content (AvgIpc) is 2.23. The van der Waals surface area contributed by atoms with Gasteiger partial charge in [0.1, 0.15) is 11.9 Å². The molecule has 1 aromatic rings. The summed E-state index contributed by atoms with van der Waals surface area (Å²) in [5.74, 6) is -1.61. The Morgan fingerprint density at radius 2 is 2.07 bits per heavy atom. The summed E-state index contributed by atoms with van der Waals surface area (Å²) in [7, 11) is 1.51. The molecule has 3 nitrogen and oxygen atoms in total. The van der Waals surface area contributed by atoms with Gasteiger partial charge >= 0.3 is 0 Å². The van der Waals surface area contributed by atoms with E-state index >= 15 is 0 Å². The minimum atomic E-state index is -0.944. The first-order valence-electron chi connectivity index (χ1n) is 4.48. The van der Waals surface area contributed by atoms with Crippen LogP contribution in [0.2, 0.25) is 0 Å². The molecule has 0 saturated carbocycles. The lowest BCUT2D eigenvalue weighted by Crippen LogP contribution is -2.31. The van der Waals surface area contributed by atoms with E-state index < -0.39 is 11.6 Å². The summed E-state index contributed by atoms with van der Waals surface area (Å²) >= 11 is 0. The first-order chi connectivity index (χ1) is 7.17. The van der Waals surface area contributed by atoms with Gasteiger partial charge in [-0.15, -0.1) is 0 Å². The smallest absolute Gasteiger partial charge is 0.162 e. The highest BCUT2D eigenvalue weighted by molar-refractivity contribution is 5.23. The lowest BCUT2D eigenvalue weighted by molar-refractivity contribution is 0.0857. The Labute approximate surface area is 86.8 Å². The molecule has 1 unspecified atom stereocenters. The molecule has 1 aromatic carbocycles. The average molecular weight is 217 g/mol. The fourth-order valence-corrected chi connectivity index (χ4v) is 1.08. The summed E-state index contributed by atoms with van der Waals surface area (Å²) in [5, 5.41) is 0. The molecule has 0 bridgehead atoms. The summed E-state index contributed by atoms with van der Waals surface area (Å²) in [6, 6.07) is 3.33. The van der Waals surface area contributed by atoms with E-state index in [9.17, 15) is 8.78 Å². The second-order valence-electron chi connectivity index (χ2n) is 3.01. The van der Waals surface area contributed by atoms with Crippen LogP contribution in [0.4, 0.5) is 8.78 Å². The molecule has 0 spiro atoms. The highest BCUT2D eigenvalue weighted by atomic mass is 19.2. The third-order valence-electron chi connectivity index (χ3n) is 1.81. The molecule has 1 rings (SSSR count).